The Morgan fingerprint density at radius 3 is 2.12 bits per heavy atom. The lowest BCUT2D eigenvalue weighted by Gasteiger charge is -2.36. The van der Waals surface area contributed by atoms with E-state index in [1.165, 1.54) is 0 Å². The number of hydrogen-bond donors (Lipinski definition) is 0. The molecule has 0 spiro atoms. The first-order chi connectivity index (χ1) is 16.5. The van der Waals surface area contributed by atoms with Crippen molar-refractivity contribution in [3.63, 3.8) is 0 Å². The zero-order valence-corrected chi connectivity index (χ0v) is 20.3. The van der Waals surface area contributed by atoms with Gasteiger partial charge in [0.2, 0.25) is 0 Å². The second-order valence-electron chi connectivity index (χ2n) is 7.96. The Labute approximate surface area is 212 Å². The molecule has 1 fully saturated rings. The number of piperazine rings is 1. The highest BCUT2D eigenvalue weighted by molar-refractivity contribution is 6.42. The number of amides is 1. The molecule has 0 N–H and O–H groups in total. The SMILES string of the molecule is O=C(c1ccc(-n2nncc2-c2ccc(Cl)cc2)cc1)N1CCN(c2ccc(Cl)c(Cl)c2)CC1. The number of nitrogens with zero attached hydrogens (tertiary/aromatic N) is 5. The van der Waals surface area contributed by atoms with Crippen LogP contribution in [0, 0.1) is 0 Å². The first kappa shape index (κ1) is 22.7. The summed E-state index contributed by atoms with van der Waals surface area (Å²) in [5.41, 5.74) is 4.27. The molecule has 1 aliphatic heterocycles. The minimum atomic E-state index is 0.0110. The molecule has 6 nitrogen and oxygen atoms in total. The lowest BCUT2D eigenvalue weighted by molar-refractivity contribution is 0.0747. The highest BCUT2D eigenvalue weighted by atomic mass is 35.5. The Morgan fingerprint density at radius 2 is 1.44 bits per heavy atom. The molecule has 1 amide bonds. The zero-order valence-electron chi connectivity index (χ0n) is 18.0. The van der Waals surface area contributed by atoms with E-state index in [0.717, 1.165) is 35.7 Å². The van der Waals surface area contributed by atoms with Crippen LogP contribution in [0.4, 0.5) is 5.69 Å². The lowest BCUT2D eigenvalue weighted by atomic mass is 10.1. The molecule has 5 rings (SSSR count). The van der Waals surface area contributed by atoms with Crippen LogP contribution in [0.1, 0.15) is 10.4 Å². The molecule has 1 aliphatic rings. The van der Waals surface area contributed by atoms with Gasteiger partial charge in [0.25, 0.3) is 5.91 Å². The third-order valence-corrected chi connectivity index (χ3v) is 6.87. The Balaban J connectivity index is 1.27. The Bertz CT molecular complexity index is 1310. The van der Waals surface area contributed by atoms with Gasteiger partial charge in [-0.15, -0.1) is 5.10 Å². The van der Waals surface area contributed by atoms with E-state index in [-0.39, 0.29) is 5.91 Å². The predicted octanol–water partition coefficient (Wildman–Crippen LogP) is 5.86. The van der Waals surface area contributed by atoms with E-state index in [4.69, 9.17) is 34.8 Å². The van der Waals surface area contributed by atoms with E-state index in [0.29, 0.717) is 33.7 Å². The number of anilines is 1. The van der Waals surface area contributed by atoms with Gasteiger partial charge in [-0.2, -0.15) is 0 Å². The number of rotatable bonds is 4. The van der Waals surface area contributed by atoms with Crippen molar-refractivity contribution in [2.45, 2.75) is 0 Å². The van der Waals surface area contributed by atoms with Crippen molar-refractivity contribution in [2.24, 2.45) is 0 Å². The van der Waals surface area contributed by atoms with Gasteiger partial charge < -0.3 is 9.80 Å². The van der Waals surface area contributed by atoms with Crippen molar-refractivity contribution in [2.75, 3.05) is 31.1 Å². The third-order valence-electron chi connectivity index (χ3n) is 5.88. The number of carbonyl (C=O) groups excluding carboxylic acids is 1. The molecule has 0 atom stereocenters. The Morgan fingerprint density at radius 1 is 0.765 bits per heavy atom. The number of halogens is 3. The number of benzene rings is 3. The van der Waals surface area contributed by atoms with Crippen LogP contribution in [0.15, 0.2) is 72.9 Å². The van der Waals surface area contributed by atoms with Gasteiger partial charge in [0.15, 0.2) is 0 Å². The number of carbonyl (C=O) groups is 1. The van der Waals surface area contributed by atoms with Crippen molar-refractivity contribution in [1.82, 2.24) is 19.9 Å². The van der Waals surface area contributed by atoms with Gasteiger partial charge in [0, 0.05) is 48.0 Å². The summed E-state index contributed by atoms with van der Waals surface area (Å²) < 4.78 is 1.74. The lowest BCUT2D eigenvalue weighted by Crippen LogP contribution is -2.48. The van der Waals surface area contributed by atoms with Crippen molar-refractivity contribution in [3.05, 3.63) is 93.6 Å². The Kier molecular flexibility index (Phi) is 6.46. The smallest absolute Gasteiger partial charge is 0.253 e. The summed E-state index contributed by atoms with van der Waals surface area (Å²) in [4.78, 5) is 17.2. The molecule has 2 heterocycles. The number of hydrogen-bond acceptors (Lipinski definition) is 4. The van der Waals surface area contributed by atoms with Gasteiger partial charge in [0.1, 0.15) is 0 Å². The number of aromatic nitrogens is 3. The minimum absolute atomic E-state index is 0.0110. The summed E-state index contributed by atoms with van der Waals surface area (Å²) in [6.07, 6.45) is 1.70. The summed E-state index contributed by atoms with van der Waals surface area (Å²) in [5, 5.41) is 10.0. The van der Waals surface area contributed by atoms with Gasteiger partial charge in [0.05, 0.1) is 27.6 Å². The van der Waals surface area contributed by atoms with E-state index in [1.807, 2.05) is 65.6 Å². The molecule has 9 heteroatoms. The summed E-state index contributed by atoms with van der Waals surface area (Å²) >= 11 is 18.2. The Hall–Kier alpha value is -3.06. The maximum atomic E-state index is 13.1. The van der Waals surface area contributed by atoms with Crippen LogP contribution in [-0.2, 0) is 0 Å². The quantitative estimate of drug-likeness (QED) is 0.344. The van der Waals surface area contributed by atoms with Crippen molar-refractivity contribution in [1.29, 1.82) is 0 Å². The van der Waals surface area contributed by atoms with E-state index < -0.39 is 0 Å². The molecule has 0 aliphatic carbocycles. The van der Waals surface area contributed by atoms with Gasteiger partial charge >= 0.3 is 0 Å². The van der Waals surface area contributed by atoms with Crippen molar-refractivity contribution >= 4 is 46.4 Å². The van der Waals surface area contributed by atoms with E-state index in [9.17, 15) is 4.79 Å². The molecule has 0 radical (unpaired) electrons. The van der Waals surface area contributed by atoms with Gasteiger partial charge in [-0.05, 0) is 54.6 Å². The van der Waals surface area contributed by atoms with Gasteiger partial charge in [-0.3, -0.25) is 4.79 Å². The zero-order chi connectivity index (χ0) is 23.7. The molecular formula is C25H20Cl3N5O. The molecule has 1 saturated heterocycles. The third kappa shape index (κ3) is 4.62. The maximum absolute atomic E-state index is 13.1. The molecule has 0 saturated carbocycles. The largest absolute Gasteiger partial charge is 0.368 e. The second kappa shape index (κ2) is 9.66. The van der Waals surface area contributed by atoms with Crippen LogP contribution >= 0.6 is 34.8 Å². The van der Waals surface area contributed by atoms with Crippen molar-refractivity contribution in [3.8, 4) is 16.9 Å². The first-order valence-electron chi connectivity index (χ1n) is 10.8. The van der Waals surface area contributed by atoms with Crippen LogP contribution in [0.5, 0.6) is 0 Å². The molecule has 3 aromatic carbocycles. The molecule has 172 valence electrons. The topological polar surface area (TPSA) is 54.3 Å². The van der Waals surface area contributed by atoms with Crippen LogP contribution in [0.2, 0.25) is 15.1 Å². The molecule has 0 unspecified atom stereocenters. The fraction of sp³-hybridized carbons (Fsp3) is 0.160. The molecule has 34 heavy (non-hydrogen) atoms. The summed E-state index contributed by atoms with van der Waals surface area (Å²) in [5.74, 6) is 0.0110. The molecular weight excluding hydrogens is 493 g/mol. The average Bonchev–Trinajstić information content (AvgIpc) is 3.36. The van der Waals surface area contributed by atoms with Crippen molar-refractivity contribution < 1.29 is 4.79 Å². The monoisotopic (exact) mass is 511 g/mol. The molecule has 1 aromatic heterocycles. The summed E-state index contributed by atoms with van der Waals surface area (Å²) in [6.45, 7) is 2.71. The van der Waals surface area contributed by atoms with Crippen LogP contribution in [-0.4, -0.2) is 52.0 Å². The standard InChI is InChI=1S/C25H20Cl3N5O/c26-19-5-1-17(2-6-19)24-16-29-30-33(24)20-7-3-18(4-8-20)25(34)32-13-11-31(12-14-32)21-9-10-22(27)23(28)15-21/h1-10,15-16H,11-14H2. The predicted molar refractivity (Wildman–Crippen MR) is 136 cm³/mol. The van der Waals surface area contributed by atoms with Gasteiger partial charge in [-0.1, -0.05) is 52.1 Å². The van der Waals surface area contributed by atoms with Crippen LogP contribution < -0.4 is 4.90 Å². The normalized spacial score (nSPS) is 13.9. The fourth-order valence-corrected chi connectivity index (χ4v) is 4.44. The molecule has 0 bridgehead atoms. The van der Waals surface area contributed by atoms with E-state index in [1.54, 1.807) is 16.9 Å². The minimum Gasteiger partial charge on any atom is -0.368 e. The summed E-state index contributed by atoms with van der Waals surface area (Å²) in [7, 11) is 0. The van der Waals surface area contributed by atoms with Crippen LogP contribution in [0.3, 0.4) is 0 Å². The highest BCUT2D eigenvalue weighted by Crippen LogP contribution is 2.28. The first-order valence-corrected chi connectivity index (χ1v) is 11.9. The molecule has 4 aromatic rings. The summed E-state index contributed by atoms with van der Waals surface area (Å²) in [6, 6.07) is 20.5. The fourth-order valence-electron chi connectivity index (χ4n) is 4.02. The average molecular weight is 513 g/mol. The van der Waals surface area contributed by atoms with Crippen LogP contribution in [0.25, 0.3) is 16.9 Å². The van der Waals surface area contributed by atoms with E-state index in [2.05, 4.69) is 15.2 Å². The highest BCUT2D eigenvalue weighted by Gasteiger charge is 2.23. The van der Waals surface area contributed by atoms with Gasteiger partial charge in [-0.25, -0.2) is 4.68 Å². The second-order valence-corrected chi connectivity index (χ2v) is 9.21. The van der Waals surface area contributed by atoms with E-state index >= 15 is 0 Å². The maximum Gasteiger partial charge on any atom is 0.253 e.